The molecule has 1 saturated heterocycles. The van der Waals surface area contributed by atoms with E-state index in [1.165, 1.54) is 16.8 Å². The second-order valence-electron chi connectivity index (χ2n) is 5.59. The van der Waals surface area contributed by atoms with Crippen LogP contribution < -0.4 is 10.2 Å². The third-order valence-corrected chi connectivity index (χ3v) is 3.92. The summed E-state index contributed by atoms with van der Waals surface area (Å²) in [6, 6.07) is 6.63. The molecular formula is C16H26N2O2. The maximum Gasteiger partial charge on any atom is 0.0587 e. The molecule has 0 aliphatic carbocycles. The highest BCUT2D eigenvalue weighted by atomic mass is 16.5. The van der Waals surface area contributed by atoms with Gasteiger partial charge in [-0.15, -0.1) is 0 Å². The number of rotatable bonds is 7. The van der Waals surface area contributed by atoms with Gasteiger partial charge in [0.2, 0.25) is 0 Å². The van der Waals surface area contributed by atoms with Gasteiger partial charge in [-0.1, -0.05) is 17.7 Å². The number of methoxy groups -OCH3 is 1. The fraction of sp³-hybridized carbons (Fsp3) is 0.625. The summed E-state index contributed by atoms with van der Waals surface area (Å²) in [4.78, 5) is 2.40. The maximum absolute atomic E-state index is 9.29. The van der Waals surface area contributed by atoms with Crippen molar-refractivity contribution in [2.45, 2.75) is 19.9 Å². The van der Waals surface area contributed by atoms with Crippen LogP contribution >= 0.6 is 0 Å². The Kier molecular flexibility index (Phi) is 5.83. The molecule has 4 heteroatoms. The lowest BCUT2D eigenvalue weighted by Gasteiger charge is -2.23. The minimum Gasteiger partial charge on any atom is -0.396 e. The molecule has 4 nitrogen and oxygen atoms in total. The predicted octanol–water partition coefficient (Wildman–Crippen LogP) is 1.55. The molecule has 1 unspecified atom stereocenters. The molecule has 1 aromatic carbocycles. The Balaban J connectivity index is 2.03. The topological polar surface area (TPSA) is 44.7 Å². The molecule has 0 radical (unpaired) electrons. The van der Waals surface area contributed by atoms with Gasteiger partial charge in [-0.2, -0.15) is 0 Å². The Morgan fingerprint density at radius 2 is 2.30 bits per heavy atom. The molecule has 0 amide bonds. The lowest BCUT2D eigenvalue weighted by molar-refractivity contribution is 0.199. The van der Waals surface area contributed by atoms with Crippen LogP contribution in [-0.2, 0) is 11.3 Å². The maximum atomic E-state index is 9.29. The molecule has 2 rings (SSSR count). The number of nitrogens with one attached hydrogen (secondary N) is 1. The number of nitrogens with zero attached hydrogens (tertiary/aromatic N) is 1. The Morgan fingerprint density at radius 1 is 1.45 bits per heavy atom. The van der Waals surface area contributed by atoms with E-state index in [-0.39, 0.29) is 0 Å². The summed E-state index contributed by atoms with van der Waals surface area (Å²) < 4.78 is 5.06. The van der Waals surface area contributed by atoms with E-state index in [4.69, 9.17) is 4.74 Å². The van der Waals surface area contributed by atoms with Gasteiger partial charge < -0.3 is 20.1 Å². The van der Waals surface area contributed by atoms with Gasteiger partial charge >= 0.3 is 0 Å². The van der Waals surface area contributed by atoms with Crippen LogP contribution in [0.4, 0.5) is 5.69 Å². The minimum atomic E-state index is 0.295. The van der Waals surface area contributed by atoms with Crippen LogP contribution in [0.3, 0.4) is 0 Å². The molecule has 1 aliphatic rings. The van der Waals surface area contributed by atoms with Crippen molar-refractivity contribution in [3.63, 3.8) is 0 Å². The third-order valence-electron chi connectivity index (χ3n) is 3.92. The Morgan fingerprint density at radius 3 is 3.00 bits per heavy atom. The van der Waals surface area contributed by atoms with Gasteiger partial charge in [0.1, 0.15) is 0 Å². The van der Waals surface area contributed by atoms with Crippen LogP contribution in [0.15, 0.2) is 18.2 Å². The number of hydrogen-bond donors (Lipinski definition) is 2. The molecule has 0 aromatic heterocycles. The third kappa shape index (κ3) is 3.95. The van der Waals surface area contributed by atoms with Crippen LogP contribution in [0.1, 0.15) is 17.5 Å². The van der Waals surface area contributed by atoms with Crippen LogP contribution in [-0.4, -0.2) is 45.1 Å². The number of aliphatic hydroxyl groups excluding tert-OH is 1. The highest BCUT2D eigenvalue weighted by Crippen LogP contribution is 2.27. The number of ether oxygens (including phenoxy) is 1. The number of anilines is 1. The fourth-order valence-corrected chi connectivity index (χ4v) is 2.76. The summed E-state index contributed by atoms with van der Waals surface area (Å²) in [6.45, 7) is 6.89. The van der Waals surface area contributed by atoms with Crippen LogP contribution in [0.25, 0.3) is 0 Å². The number of aliphatic hydroxyl groups is 1. The molecule has 112 valence electrons. The summed E-state index contributed by atoms with van der Waals surface area (Å²) in [5.41, 5.74) is 3.92. The zero-order valence-corrected chi connectivity index (χ0v) is 12.6. The number of hydrogen-bond acceptors (Lipinski definition) is 4. The van der Waals surface area contributed by atoms with Gasteiger partial charge in [-0.05, 0) is 25.0 Å². The van der Waals surface area contributed by atoms with Crippen LogP contribution in [0, 0.1) is 12.8 Å². The summed E-state index contributed by atoms with van der Waals surface area (Å²) in [7, 11) is 1.72. The number of aryl methyl sites for hydroxylation is 1. The average Bonchev–Trinajstić information content (AvgIpc) is 2.92. The van der Waals surface area contributed by atoms with Crippen molar-refractivity contribution in [2.24, 2.45) is 5.92 Å². The first-order chi connectivity index (χ1) is 9.74. The van der Waals surface area contributed by atoms with Gasteiger partial charge in [0.25, 0.3) is 0 Å². The van der Waals surface area contributed by atoms with Gasteiger partial charge in [-0.3, -0.25) is 0 Å². The summed E-state index contributed by atoms with van der Waals surface area (Å²) in [5, 5.41) is 12.7. The summed E-state index contributed by atoms with van der Waals surface area (Å²) in [6.07, 6.45) is 1.08. The van der Waals surface area contributed by atoms with Crippen molar-refractivity contribution in [1.29, 1.82) is 0 Å². The van der Waals surface area contributed by atoms with Crippen molar-refractivity contribution in [3.8, 4) is 0 Å². The second-order valence-corrected chi connectivity index (χ2v) is 5.59. The first kappa shape index (κ1) is 15.3. The van der Waals surface area contributed by atoms with E-state index in [1.54, 1.807) is 7.11 Å². The molecule has 1 aromatic rings. The van der Waals surface area contributed by atoms with E-state index in [9.17, 15) is 5.11 Å². The molecular weight excluding hydrogens is 252 g/mol. The first-order valence-corrected chi connectivity index (χ1v) is 7.39. The second kappa shape index (κ2) is 7.62. The highest BCUT2D eigenvalue weighted by molar-refractivity contribution is 5.55. The minimum absolute atomic E-state index is 0.295. The van der Waals surface area contributed by atoms with Gasteiger partial charge in [0.15, 0.2) is 0 Å². The van der Waals surface area contributed by atoms with Crippen molar-refractivity contribution in [1.82, 2.24) is 5.32 Å². The molecule has 0 bridgehead atoms. The first-order valence-electron chi connectivity index (χ1n) is 7.39. The predicted molar refractivity (Wildman–Crippen MR) is 82.2 cm³/mol. The molecule has 2 N–H and O–H groups in total. The zero-order chi connectivity index (χ0) is 14.4. The quantitative estimate of drug-likeness (QED) is 0.743. The van der Waals surface area contributed by atoms with E-state index in [1.807, 2.05) is 0 Å². The summed E-state index contributed by atoms with van der Waals surface area (Å²) in [5.74, 6) is 0.422. The zero-order valence-electron chi connectivity index (χ0n) is 12.6. The van der Waals surface area contributed by atoms with Crippen LogP contribution in [0.2, 0.25) is 0 Å². The van der Waals surface area contributed by atoms with Crippen molar-refractivity contribution in [3.05, 3.63) is 29.3 Å². The lowest BCUT2D eigenvalue weighted by atomic mass is 10.1. The smallest absolute Gasteiger partial charge is 0.0587 e. The Bertz CT molecular complexity index is 423. The molecule has 20 heavy (non-hydrogen) atoms. The van der Waals surface area contributed by atoms with Gasteiger partial charge in [0, 0.05) is 51.5 Å². The number of benzene rings is 1. The standard InChI is InChI=1S/C16H26N2O2/c1-13-3-4-16(18-7-5-14(11-18)12-19)15(9-13)10-17-6-8-20-2/h3-4,9,14,17,19H,5-8,10-12H2,1-2H3. The molecule has 1 atom stereocenters. The van der Waals surface area contributed by atoms with E-state index < -0.39 is 0 Å². The van der Waals surface area contributed by atoms with E-state index in [2.05, 4.69) is 35.3 Å². The van der Waals surface area contributed by atoms with Crippen molar-refractivity contribution < 1.29 is 9.84 Å². The van der Waals surface area contributed by atoms with Crippen molar-refractivity contribution >= 4 is 5.69 Å². The fourth-order valence-electron chi connectivity index (χ4n) is 2.76. The average molecular weight is 278 g/mol. The monoisotopic (exact) mass is 278 g/mol. The Hall–Kier alpha value is -1.10. The van der Waals surface area contributed by atoms with Crippen LogP contribution in [0.5, 0.6) is 0 Å². The van der Waals surface area contributed by atoms with Gasteiger partial charge in [0.05, 0.1) is 6.61 Å². The molecule has 0 saturated carbocycles. The van der Waals surface area contributed by atoms with E-state index in [0.717, 1.165) is 39.2 Å². The van der Waals surface area contributed by atoms with E-state index >= 15 is 0 Å². The van der Waals surface area contributed by atoms with Crippen molar-refractivity contribution in [2.75, 3.05) is 44.9 Å². The van der Waals surface area contributed by atoms with E-state index in [0.29, 0.717) is 12.5 Å². The lowest BCUT2D eigenvalue weighted by Crippen LogP contribution is -2.24. The highest BCUT2D eigenvalue weighted by Gasteiger charge is 2.23. The van der Waals surface area contributed by atoms with Gasteiger partial charge in [-0.25, -0.2) is 0 Å². The SMILES string of the molecule is COCCNCc1cc(C)ccc1N1CCC(CO)C1. The largest absolute Gasteiger partial charge is 0.396 e. The normalized spacial score (nSPS) is 18.8. The molecule has 1 aliphatic heterocycles. The molecule has 0 spiro atoms. The molecule has 1 heterocycles. The molecule has 1 fully saturated rings. The summed E-state index contributed by atoms with van der Waals surface area (Å²) >= 11 is 0. The Labute approximate surface area is 121 Å².